The molecule has 0 aromatic carbocycles. The number of hydrogen-bond acceptors (Lipinski definition) is 5. The average molecular weight is 286 g/mol. The highest BCUT2D eigenvalue weighted by Crippen LogP contribution is 2.15. The zero-order valence-corrected chi connectivity index (χ0v) is 11.7. The van der Waals surface area contributed by atoms with Gasteiger partial charge in [0.1, 0.15) is 10.1 Å². The van der Waals surface area contributed by atoms with E-state index in [2.05, 4.69) is 10.1 Å². The largest absolute Gasteiger partial charge is 0.468 e. The van der Waals surface area contributed by atoms with Crippen LogP contribution in [0.1, 0.15) is 13.8 Å². The quantitative estimate of drug-likeness (QED) is 0.554. The van der Waals surface area contributed by atoms with Gasteiger partial charge in [-0.15, -0.1) is 11.6 Å². The van der Waals surface area contributed by atoms with Gasteiger partial charge in [0.25, 0.3) is 0 Å². The van der Waals surface area contributed by atoms with Gasteiger partial charge in [0.2, 0.25) is 5.91 Å². The van der Waals surface area contributed by atoms with Crippen LogP contribution in [-0.2, 0) is 24.2 Å². The van der Waals surface area contributed by atoms with Crippen molar-refractivity contribution >= 4 is 33.3 Å². The second-order valence-corrected chi connectivity index (χ2v) is 7.07. The summed E-state index contributed by atoms with van der Waals surface area (Å²) in [7, 11) is -2.38. The molecule has 0 bridgehead atoms. The van der Waals surface area contributed by atoms with Crippen LogP contribution in [0, 0.1) is 0 Å². The molecule has 0 heterocycles. The Morgan fingerprint density at radius 1 is 1.41 bits per heavy atom. The molecule has 0 saturated carbocycles. The number of nitrogens with one attached hydrogen (secondary N) is 1. The highest BCUT2D eigenvalue weighted by atomic mass is 35.5. The van der Waals surface area contributed by atoms with Gasteiger partial charge in [0.05, 0.1) is 7.11 Å². The normalized spacial score (nSPS) is 13.9. The lowest BCUT2D eigenvalue weighted by Crippen LogP contribution is -2.49. The van der Waals surface area contributed by atoms with Gasteiger partial charge < -0.3 is 10.1 Å². The fourth-order valence-electron chi connectivity index (χ4n) is 0.775. The van der Waals surface area contributed by atoms with E-state index in [9.17, 15) is 18.0 Å². The monoisotopic (exact) mass is 285 g/mol. The zero-order valence-electron chi connectivity index (χ0n) is 10.1. The van der Waals surface area contributed by atoms with Crippen LogP contribution in [0.25, 0.3) is 0 Å². The second kappa shape index (κ2) is 5.68. The standard InChI is InChI=1S/C9H16ClNO5S/c1-9(2,17(4,14)15)8(13)11-5-6(10)7(12)16-3/h6H,5H2,1-4H3,(H,11,13). The predicted octanol–water partition coefficient (Wildman–Crippen LogP) is -0.294. The maximum atomic E-state index is 11.6. The molecule has 6 nitrogen and oxygen atoms in total. The van der Waals surface area contributed by atoms with Gasteiger partial charge in [-0.25, -0.2) is 8.42 Å². The molecule has 0 saturated heterocycles. The van der Waals surface area contributed by atoms with Crippen LogP contribution >= 0.6 is 11.6 Å². The van der Waals surface area contributed by atoms with E-state index < -0.39 is 31.8 Å². The van der Waals surface area contributed by atoms with Crippen molar-refractivity contribution in [3.63, 3.8) is 0 Å². The van der Waals surface area contributed by atoms with Gasteiger partial charge in [0.15, 0.2) is 9.84 Å². The van der Waals surface area contributed by atoms with Crippen molar-refractivity contribution in [3.05, 3.63) is 0 Å². The average Bonchev–Trinajstić information content (AvgIpc) is 2.22. The smallest absolute Gasteiger partial charge is 0.325 e. The van der Waals surface area contributed by atoms with E-state index in [0.717, 1.165) is 6.26 Å². The number of esters is 1. The van der Waals surface area contributed by atoms with Gasteiger partial charge in [-0.3, -0.25) is 9.59 Å². The fourth-order valence-corrected chi connectivity index (χ4v) is 1.35. The molecule has 1 amide bonds. The minimum atomic E-state index is -3.55. The molecular formula is C9H16ClNO5S. The molecule has 0 spiro atoms. The third kappa shape index (κ3) is 4.16. The summed E-state index contributed by atoms with van der Waals surface area (Å²) < 4.78 is 25.5. The van der Waals surface area contributed by atoms with Crippen LogP contribution in [0.2, 0.25) is 0 Å². The van der Waals surface area contributed by atoms with Crippen LogP contribution in [0.3, 0.4) is 0 Å². The summed E-state index contributed by atoms with van der Waals surface area (Å²) in [6.45, 7) is 2.37. The first kappa shape index (κ1) is 16.2. The first-order chi connectivity index (χ1) is 7.54. The SMILES string of the molecule is COC(=O)C(Cl)CNC(=O)C(C)(C)S(C)(=O)=O. The van der Waals surface area contributed by atoms with Crippen molar-refractivity contribution < 1.29 is 22.7 Å². The summed E-state index contributed by atoms with van der Waals surface area (Å²) in [5, 5.41) is 1.25. The third-order valence-corrected chi connectivity index (χ3v) is 4.74. The lowest BCUT2D eigenvalue weighted by atomic mass is 10.2. The van der Waals surface area contributed by atoms with Crippen molar-refractivity contribution in [1.29, 1.82) is 0 Å². The third-order valence-electron chi connectivity index (χ3n) is 2.37. The summed E-state index contributed by atoms with van der Waals surface area (Å²) in [5.41, 5.74) is 0. The molecule has 1 atom stereocenters. The van der Waals surface area contributed by atoms with Crippen molar-refractivity contribution in [1.82, 2.24) is 5.32 Å². The van der Waals surface area contributed by atoms with Crippen molar-refractivity contribution in [2.24, 2.45) is 0 Å². The topological polar surface area (TPSA) is 89.5 Å². The first-order valence-corrected chi connectivity index (χ1v) is 7.06. The Labute approximate surface area is 106 Å². The van der Waals surface area contributed by atoms with Crippen molar-refractivity contribution in [2.45, 2.75) is 24.0 Å². The summed E-state index contributed by atoms with van der Waals surface area (Å²) in [5.74, 6) is -1.40. The summed E-state index contributed by atoms with van der Waals surface area (Å²) in [6, 6.07) is 0. The fraction of sp³-hybridized carbons (Fsp3) is 0.778. The summed E-state index contributed by atoms with van der Waals surface area (Å²) in [6.07, 6.45) is 0.963. The summed E-state index contributed by atoms with van der Waals surface area (Å²) >= 11 is 5.60. The molecule has 0 aliphatic heterocycles. The number of hydrogen-bond donors (Lipinski definition) is 1. The summed E-state index contributed by atoms with van der Waals surface area (Å²) in [4.78, 5) is 22.6. The van der Waals surface area contributed by atoms with Crippen LogP contribution in [-0.4, -0.2) is 50.3 Å². The number of sulfone groups is 1. The van der Waals surface area contributed by atoms with E-state index >= 15 is 0 Å². The molecule has 0 aliphatic rings. The second-order valence-electron chi connectivity index (χ2n) is 3.98. The Morgan fingerprint density at radius 3 is 2.24 bits per heavy atom. The minimum Gasteiger partial charge on any atom is -0.468 e. The lowest BCUT2D eigenvalue weighted by molar-refractivity contribution is -0.140. The number of methoxy groups -OCH3 is 1. The number of amides is 1. The van der Waals surface area contributed by atoms with Gasteiger partial charge >= 0.3 is 5.97 Å². The maximum absolute atomic E-state index is 11.6. The molecule has 0 fully saturated rings. The Balaban J connectivity index is 4.54. The van der Waals surface area contributed by atoms with Gasteiger partial charge in [0, 0.05) is 12.8 Å². The van der Waals surface area contributed by atoms with Crippen LogP contribution in [0.5, 0.6) is 0 Å². The molecule has 0 aliphatic carbocycles. The van der Waals surface area contributed by atoms with Crippen LogP contribution in [0.4, 0.5) is 0 Å². The molecule has 100 valence electrons. The maximum Gasteiger partial charge on any atom is 0.325 e. The molecule has 0 aromatic heterocycles. The van der Waals surface area contributed by atoms with E-state index in [1.165, 1.54) is 21.0 Å². The van der Waals surface area contributed by atoms with Crippen molar-refractivity contribution in [2.75, 3.05) is 19.9 Å². The Bertz CT molecular complexity index is 404. The minimum absolute atomic E-state index is 0.188. The Kier molecular flexibility index (Phi) is 5.41. The number of carbonyl (C=O) groups excluding carboxylic acids is 2. The van der Waals surface area contributed by atoms with E-state index in [0.29, 0.717) is 0 Å². The zero-order chi connectivity index (χ0) is 13.9. The van der Waals surface area contributed by atoms with E-state index in [1.54, 1.807) is 0 Å². The lowest BCUT2D eigenvalue weighted by Gasteiger charge is -2.21. The molecule has 8 heteroatoms. The van der Waals surface area contributed by atoms with Gasteiger partial charge in [-0.2, -0.15) is 0 Å². The molecular weight excluding hydrogens is 270 g/mol. The Hall–Kier alpha value is -0.820. The molecule has 17 heavy (non-hydrogen) atoms. The molecule has 1 unspecified atom stereocenters. The molecule has 0 aromatic rings. The van der Waals surface area contributed by atoms with E-state index in [-0.39, 0.29) is 6.54 Å². The number of rotatable bonds is 5. The van der Waals surface area contributed by atoms with Gasteiger partial charge in [-0.1, -0.05) is 0 Å². The van der Waals surface area contributed by atoms with Gasteiger partial charge in [-0.05, 0) is 13.8 Å². The predicted molar refractivity (Wildman–Crippen MR) is 63.6 cm³/mol. The highest BCUT2D eigenvalue weighted by Gasteiger charge is 2.38. The van der Waals surface area contributed by atoms with Crippen molar-refractivity contribution in [3.8, 4) is 0 Å². The molecule has 0 rings (SSSR count). The van der Waals surface area contributed by atoms with Crippen LogP contribution < -0.4 is 5.32 Å². The number of alkyl halides is 1. The first-order valence-electron chi connectivity index (χ1n) is 4.74. The van der Waals surface area contributed by atoms with E-state index in [4.69, 9.17) is 11.6 Å². The Morgan fingerprint density at radius 2 is 1.88 bits per heavy atom. The number of ether oxygens (including phenoxy) is 1. The van der Waals surface area contributed by atoms with E-state index in [1.807, 2.05) is 0 Å². The number of carbonyl (C=O) groups is 2. The van der Waals surface area contributed by atoms with Crippen LogP contribution in [0.15, 0.2) is 0 Å². The number of halogens is 1. The molecule has 0 radical (unpaired) electrons. The highest BCUT2D eigenvalue weighted by molar-refractivity contribution is 7.92. The molecule has 1 N–H and O–H groups in total.